The second-order valence-corrected chi connectivity index (χ2v) is 13.1. The lowest BCUT2D eigenvalue weighted by molar-refractivity contribution is -0.131. The predicted molar refractivity (Wildman–Crippen MR) is 191 cm³/mol. The van der Waals surface area contributed by atoms with E-state index in [0.29, 0.717) is 28.4 Å². The number of thiazole rings is 1. The molecule has 16 heteroatoms. The monoisotopic (exact) mass is 724 g/mol. The number of fused-ring (bicyclic) bond motifs is 14. The fourth-order valence-corrected chi connectivity index (χ4v) is 6.06. The lowest BCUT2D eigenvalue weighted by Gasteiger charge is -2.27. The van der Waals surface area contributed by atoms with E-state index >= 15 is 0 Å². The Bertz CT molecular complexity index is 2250. The molecule has 6 heterocycles. The number of benzene rings is 1. The van der Waals surface area contributed by atoms with E-state index in [1.54, 1.807) is 43.5 Å². The number of rotatable bonds is 4. The molecular weight excluding hydrogens is 689 g/mol. The summed E-state index contributed by atoms with van der Waals surface area (Å²) in [6.07, 6.45) is 4.65. The summed E-state index contributed by atoms with van der Waals surface area (Å²) in [5.74, 6) is -1.88. The fourth-order valence-electron chi connectivity index (χ4n) is 5.32. The molecule has 15 nitrogen and oxygen atoms in total. The zero-order valence-corrected chi connectivity index (χ0v) is 28.7. The molecule has 0 unspecified atom stereocenters. The topological polar surface area (TPSA) is 204 Å². The number of oxazole rings is 4. The summed E-state index contributed by atoms with van der Waals surface area (Å²) >= 11 is 1.29. The number of carbonyl (C=O) groups excluding carboxylic acids is 3. The van der Waals surface area contributed by atoms with Gasteiger partial charge in [0, 0.05) is 10.9 Å². The smallest absolute Gasteiger partial charge is 0.274 e. The SMILES string of the molecule is C.C=C1NC(=O)[C@H](C(C)C)NC(=O)[C@@H]([C@@H](C)CC)NC(=O)c2nc(oc2-c2ccccc2)-c2coc(n2)-c2csc(n2)-c2coc(n2)-c2coc1n2. The molecule has 10 bridgehead atoms. The van der Waals surface area contributed by atoms with Gasteiger partial charge in [-0.3, -0.25) is 14.4 Å². The van der Waals surface area contributed by atoms with Crippen molar-refractivity contribution >= 4 is 34.8 Å². The third-order valence-corrected chi connectivity index (χ3v) is 9.20. The van der Waals surface area contributed by atoms with Crippen molar-refractivity contribution in [2.75, 3.05) is 0 Å². The first kappa shape index (κ1) is 35.7. The molecule has 6 aromatic rings. The summed E-state index contributed by atoms with van der Waals surface area (Å²) < 4.78 is 23.1. The molecule has 1 aliphatic heterocycles. The average Bonchev–Trinajstić information content (AvgIpc) is 3.97. The molecule has 52 heavy (non-hydrogen) atoms. The molecular formula is C36H36N8O7S. The van der Waals surface area contributed by atoms with Gasteiger partial charge in [0.15, 0.2) is 22.8 Å². The van der Waals surface area contributed by atoms with Crippen molar-refractivity contribution in [3.8, 4) is 56.8 Å². The van der Waals surface area contributed by atoms with Gasteiger partial charge in [-0.1, -0.05) is 78.5 Å². The predicted octanol–water partition coefficient (Wildman–Crippen LogP) is 6.45. The number of hydrogen-bond acceptors (Lipinski definition) is 13. The minimum absolute atomic E-state index is 0. The van der Waals surface area contributed by atoms with Gasteiger partial charge in [0.05, 0.1) is 5.70 Å². The van der Waals surface area contributed by atoms with Crippen LogP contribution in [0.1, 0.15) is 57.9 Å². The van der Waals surface area contributed by atoms with Crippen molar-refractivity contribution in [2.24, 2.45) is 11.8 Å². The lowest BCUT2D eigenvalue weighted by Crippen LogP contribution is -2.57. The van der Waals surface area contributed by atoms with Crippen molar-refractivity contribution < 1.29 is 32.1 Å². The molecule has 268 valence electrons. The van der Waals surface area contributed by atoms with E-state index in [4.69, 9.17) is 17.7 Å². The third-order valence-electron chi connectivity index (χ3n) is 8.33. The second-order valence-electron chi connectivity index (χ2n) is 12.2. The second kappa shape index (κ2) is 14.6. The third kappa shape index (κ3) is 6.92. The summed E-state index contributed by atoms with van der Waals surface area (Å²) in [7, 11) is 0. The highest BCUT2D eigenvalue weighted by Crippen LogP contribution is 2.34. The van der Waals surface area contributed by atoms with Gasteiger partial charge in [0.1, 0.15) is 47.3 Å². The van der Waals surface area contributed by atoms with Gasteiger partial charge >= 0.3 is 0 Å². The summed E-state index contributed by atoms with van der Waals surface area (Å²) in [4.78, 5) is 64.0. The van der Waals surface area contributed by atoms with Crippen molar-refractivity contribution in [1.29, 1.82) is 0 Å². The summed E-state index contributed by atoms with van der Waals surface area (Å²) in [5, 5.41) is 10.6. The largest absolute Gasteiger partial charge is 0.443 e. The minimum atomic E-state index is -1.04. The molecule has 3 N–H and O–H groups in total. The Balaban J connectivity index is 0.00000464. The first-order valence-electron chi connectivity index (χ1n) is 16.1. The van der Waals surface area contributed by atoms with Crippen LogP contribution in [-0.2, 0) is 9.59 Å². The first-order valence-corrected chi connectivity index (χ1v) is 17.0. The van der Waals surface area contributed by atoms with Crippen LogP contribution in [0.2, 0.25) is 0 Å². The van der Waals surface area contributed by atoms with E-state index in [-0.39, 0.29) is 71.4 Å². The van der Waals surface area contributed by atoms with Gasteiger partial charge in [-0.25, -0.2) is 24.9 Å². The number of aromatic nitrogens is 5. The van der Waals surface area contributed by atoms with Gasteiger partial charge in [-0.15, -0.1) is 11.3 Å². The van der Waals surface area contributed by atoms with E-state index in [2.05, 4.69) is 47.4 Å². The van der Waals surface area contributed by atoms with Gasteiger partial charge in [-0.05, 0) is 11.8 Å². The molecule has 7 rings (SSSR count). The van der Waals surface area contributed by atoms with Crippen LogP contribution in [0.4, 0.5) is 0 Å². The van der Waals surface area contributed by atoms with Crippen LogP contribution >= 0.6 is 11.3 Å². The van der Waals surface area contributed by atoms with Crippen LogP contribution in [0.5, 0.6) is 0 Å². The molecule has 0 saturated carbocycles. The quantitative estimate of drug-likeness (QED) is 0.179. The Hall–Kier alpha value is -6.16. The van der Waals surface area contributed by atoms with E-state index in [0.717, 1.165) is 0 Å². The van der Waals surface area contributed by atoms with Crippen molar-refractivity contribution in [3.05, 3.63) is 72.7 Å². The normalized spacial score (nSPS) is 17.1. The Kier molecular flexibility index (Phi) is 10.0. The molecule has 0 aliphatic carbocycles. The maximum atomic E-state index is 14.0. The van der Waals surface area contributed by atoms with Gasteiger partial charge < -0.3 is 33.6 Å². The Morgan fingerprint density at radius 1 is 0.769 bits per heavy atom. The summed E-state index contributed by atoms with van der Waals surface area (Å²) in [5.41, 5.74) is 1.92. The Morgan fingerprint density at radius 2 is 1.40 bits per heavy atom. The molecule has 1 aromatic carbocycles. The van der Waals surface area contributed by atoms with Crippen molar-refractivity contribution in [1.82, 2.24) is 40.9 Å². The van der Waals surface area contributed by atoms with Crippen molar-refractivity contribution in [2.45, 2.75) is 53.6 Å². The first-order chi connectivity index (χ1) is 24.6. The molecule has 1 aliphatic rings. The highest BCUT2D eigenvalue weighted by Gasteiger charge is 2.34. The number of nitrogens with one attached hydrogen (secondary N) is 3. The van der Waals surface area contributed by atoms with E-state index in [1.165, 1.54) is 30.1 Å². The van der Waals surface area contributed by atoms with E-state index in [1.807, 2.05) is 19.9 Å². The van der Waals surface area contributed by atoms with Crippen LogP contribution in [0.3, 0.4) is 0 Å². The molecule has 0 radical (unpaired) electrons. The van der Waals surface area contributed by atoms with Crippen LogP contribution in [0.15, 0.2) is 78.7 Å². The Labute approximate surface area is 302 Å². The highest BCUT2D eigenvalue weighted by molar-refractivity contribution is 7.13. The van der Waals surface area contributed by atoms with Gasteiger partial charge in [0.25, 0.3) is 5.91 Å². The summed E-state index contributed by atoms with van der Waals surface area (Å²) in [6, 6.07) is 6.94. The number of carbonyl (C=O) groups is 3. The van der Waals surface area contributed by atoms with Crippen LogP contribution in [-0.4, -0.2) is 54.7 Å². The number of nitrogens with zero attached hydrogens (tertiary/aromatic N) is 5. The maximum Gasteiger partial charge on any atom is 0.274 e. The van der Waals surface area contributed by atoms with Crippen molar-refractivity contribution in [3.63, 3.8) is 0 Å². The zero-order valence-electron chi connectivity index (χ0n) is 27.9. The molecule has 0 fully saturated rings. The molecule has 5 aromatic heterocycles. The van der Waals surface area contributed by atoms with E-state index in [9.17, 15) is 14.4 Å². The molecule has 3 atom stereocenters. The maximum absolute atomic E-state index is 14.0. The minimum Gasteiger partial charge on any atom is -0.443 e. The lowest BCUT2D eigenvalue weighted by atomic mass is 9.96. The molecule has 3 amide bonds. The number of amides is 3. The highest BCUT2D eigenvalue weighted by atomic mass is 32.1. The number of hydrogen-bond donors (Lipinski definition) is 3. The van der Waals surface area contributed by atoms with E-state index < -0.39 is 29.8 Å². The Morgan fingerprint density at radius 3 is 2.12 bits per heavy atom. The van der Waals surface area contributed by atoms with Crippen LogP contribution in [0, 0.1) is 11.8 Å². The van der Waals surface area contributed by atoms with Gasteiger partial charge in [-0.2, -0.15) is 0 Å². The van der Waals surface area contributed by atoms with Crippen LogP contribution < -0.4 is 16.0 Å². The fraction of sp³-hybridized carbons (Fsp3) is 0.278. The molecule has 0 saturated heterocycles. The zero-order chi connectivity index (χ0) is 35.8. The van der Waals surface area contributed by atoms with Gasteiger partial charge in [0.2, 0.25) is 35.4 Å². The molecule has 0 spiro atoms. The standard InChI is InChI=1S/C35H32N8O7S.CH4/c1-6-17(4)25-29(45)41-24(16(2)3)28(44)36-18(5)31-37-20(12-47-31)32-39-22(14-49-32)35-40-23(15-51-35)33-38-21(13-48-33)34-43-26(30(46)42-25)27(50-34)19-10-8-7-9-11-19;/h7-17,24-25H,5-6H2,1-4H3,(H,36,44)(H,41,45)(H,42,46);1H4/t17-,24-,25+;/m0./s1. The average molecular weight is 725 g/mol. The van der Waals surface area contributed by atoms with Crippen LogP contribution in [0.25, 0.3) is 62.5 Å². The summed E-state index contributed by atoms with van der Waals surface area (Å²) in [6.45, 7) is 11.2.